The molecule has 0 aliphatic carbocycles. The third-order valence-electron chi connectivity index (χ3n) is 8.46. The molecule has 12 heteroatoms. The lowest BCUT2D eigenvalue weighted by Gasteiger charge is -2.23. The molecule has 0 bridgehead atoms. The van der Waals surface area contributed by atoms with Gasteiger partial charge in [0.2, 0.25) is 0 Å². The molecule has 0 radical (unpaired) electrons. The fourth-order valence-corrected chi connectivity index (χ4v) is 6.15. The molecule has 0 N–H and O–H groups in total. The summed E-state index contributed by atoms with van der Waals surface area (Å²) >= 11 is 0. The standard InChI is InChI=1S/C30H35F3N6O3/c1-29(2)10-11-38(18-29)12-15-42-26(30(31,32)33)24-7-5-20(17-34-24)19-4-6-23-22(16-19)25-27(36-35-23)37(3)28(40)39(25)21-8-13-41-14-9-21/h4-7,16-17,21,26H,8-15,18H2,1-3H3. The van der Waals surface area contributed by atoms with Crippen LogP contribution in [0, 0.1) is 5.41 Å². The van der Waals surface area contributed by atoms with Crippen molar-refractivity contribution in [2.24, 2.45) is 12.5 Å². The number of pyridine rings is 1. The molecule has 5 heterocycles. The lowest BCUT2D eigenvalue weighted by atomic mass is 9.93. The Labute approximate surface area is 241 Å². The number of aromatic nitrogens is 5. The van der Waals surface area contributed by atoms with Crippen LogP contribution in [0.25, 0.3) is 33.2 Å². The first-order valence-electron chi connectivity index (χ1n) is 14.3. The molecule has 1 atom stereocenters. The molecule has 2 fully saturated rings. The highest BCUT2D eigenvalue weighted by Crippen LogP contribution is 2.37. The van der Waals surface area contributed by atoms with Gasteiger partial charge in [-0.25, -0.2) is 4.79 Å². The first-order valence-corrected chi connectivity index (χ1v) is 14.3. The average Bonchev–Trinajstić information content (AvgIpc) is 3.45. The number of aryl methyl sites for hydroxylation is 1. The Morgan fingerprint density at radius 1 is 1.12 bits per heavy atom. The fraction of sp³-hybridized carbons (Fsp3) is 0.533. The van der Waals surface area contributed by atoms with E-state index in [1.165, 1.54) is 16.8 Å². The van der Waals surface area contributed by atoms with Crippen molar-refractivity contribution in [1.29, 1.82) is 0 Å². The summed E-state index contributed by atoms with van der Waals surface area (Å²) in [5, 5.41) is 9.39. The highest BCUT2D eigenvalue weighted by molar-refractivity contribution is 6.02. The number of alkyl halides is 3. The molecule has 2 saturated heterocycles. The minimum atomic E-state index is -4.59. The third-order valence-corrected chi connectivity index (χ3v) is 8.46. The molecule has 4 aromatic rings. The zero-order chi connectivity index (χ0) is 29.6. The Morgan fingerprint density at radius 2 is 1.88 bits per heavy atom. The number of hydrogen-bond acceptors (Lipinski definition) is 7. The molecule has 6 rings (SSSR count). The van der Waals surface area contributed by atoms with Crippen molar-refractivity contribution >= 4 is 22.1 Å². The van der Waals surface area contributed by atoms with E-state index in [-0.39, 0.29) is 29.4 Å². The van der Waals surface area contributed by atoms with Crippen LogP contribution in [-0.2, 0) is 16.5 Å². The van der Waals surface area contributed by atoms with Gasteiger partial charge in [0.05, 0.1) is 17.8 Å². The van der Waals surface area contributed by atoms with E-state index < -0.39 is 12.3 Å². The van der Waals surface area contributed by atoms with E-state index in [1.807, 2.05) is 12.1 Å². The van der Waals surface area contributed by atoms with Crippen molar-refractivity contribution in [3.63, 3.8) is 0 Å². The Morgan fingerprint density at radius 3 is 2.55 bits per heavy atom. The summed E-state index contributed by atoms with van der Waals surface area (Å²) in [6, 6.07) is 8.50. The molecule has 3 aromatic heterocycles. The van der Waals surface area contributed by atoms with Gasteiger partial charge < -0.3 is 14.4 Å². The topological polar surface area (TPSA) is 87.3 Å². The number of rotatable bonds is 7. The van der Waals surface area contributed by atoms with Gasteiger partial charge in [0.1, 0.15) is 5.52 Å². The van der Waals surface area contributed by atoms with Crippen molar-refractivity contribution in [3.8, 4) is 11.1 Å². The summed E-state index contributed by atoms with van der Waals surface area (Å²) in [7, 11) is 1.68. The molecule has 224 valence electrons. The Bertz CT molecular complexity index is 1640. The van der Waals surface area contributed by atoms with E-state index in [0.717, 1.165) is 30.5 Å². The SMILES string of the molecule is Cn1c(=O)n(C2CCOCC2)c2c3cc(-c4ccc(C(OCCN5CCC(C)(C)C5)C(F)(F)F)nc4)ccc3nnc21. The number of halogens is 3. The predicted octanol–water partition coefficient (Wildman–Crippen LogP) is 5.05. The van der Waals surface area contributed by atoms with E-state index in [9.17, 15) is 18.0 Å². The van der Waals surface area contributed by atoms with Crippen LogP contribution in [-0.4, -0.2) is 74.8 Å². The highest BCUT2D eigenvalue weighted by atomic mass is 19.4. The largest absolute Gasteiger partial charge is 0.420 e. The van der Waals surface area contributed by atoms with Crippen molar-refractivity contribution in [3.05, 3.63) is 52.7 Å². The quantitative estimate of drug-likeness (QED) is 0.301. The van der Waals surface area contributed by atoms with Crippen LogP contribution in [0.4, 0.5) is 13.2 Å². The molecular weight excluding hydrogens is 549 g/mol. The molecular formula is C30H35F3N6O3. The summed E-state index contributed by atoms with van der Waals surface area (Å²) < 4.78 is 56.1. The van der Waals surface area contributed by atoms with E-state index >= 15 is 0 Å². The molecule has 1 aromatic carbocycles. The van der Waals surface area contributed by atoms with Crippen molar-refractivity contribution in [2.75, 3.05) is 39.5 Å². The van der Waals surface area contributed by atoms with Crippen LogP contribution in [0.15, 0.2) is 41.3 Å². The molecule has 0 saturated carbocycles. The van der Waals surface area contributed by atoms with Gasteiger partial charge in [-0.1, -0.05) is 26.0 Å². The zero-order valence-corrected chi connectivity index (χ0v) is 24.0. The van der Waals surface area contributed by atoms with E-state index in [4.69, 9.17) is 9.47 Å². The number of benzene rings is 1. The summed E-state index contributed by atoms with van der Waals surface area (Å²) in [5.74, 6) is 0. The second-order valence-electron chi connectivity index (χ2n) is 12.1. The molecule has 2 aliphatic rings. The van der Waals surface area contributed by atoms with E-state index in [2.05, 4.69) is 33.9 Å². The van der Waals surface area contributed by atoms with Gasteiger partial charge in [-0.05, 0) is 55.0 Å². The van der Waals surface area contributed by atoms with Crippen LogP contribution < -0.4 is 5.69 Å². The van der Waals surface area contributed by atoms with E-state index in [1.54, 1.807) is 23.7 Å². The van der Waals surface area contributed by atoms with Crippen LogP contribution in [0.3, 0.4) is 0 Å². The van der Waals surface area contributed by atoms with Crippen LogP contribution in [0.2, 0.25) is 0 Å². The minimum Gasteiger partial charge on any atom is -0.381 e. The summed E-state index contributed by atoms with van der Waals surface area (Å²) in [6.07, 6.45) is -2.81. The molecule has 1 unspecified atom stereocenters. The molecule has 2 aliphatic heterocycles. The zero-order valence-electron chi connectivity index (χ0n) is 24.0. The molecule has 42 heavy (non-hydrogen) atoms. The highest BCUT2D eigenvalue weighted by Gasteiger charge is 2.43. The smallest absolute Gasteiger partial charge is 0.381 e. The first kappa shape index (κ1) is 28.8. The van der Waals surface area contributed by atoms with Crippen LogP contribution >= 0.6 is 0 Å². The van der Waals surface area contributed by atoms with Gasteiger partial charge >= 0.3 is 11.9 Å². The lowest BCUT2D eigenvalue weighted by molar-refractivity contribution is -0.225. The fourth-order valence-electron chi connectivity index (χ4n) is 6.15. The lowest BCUT2D eigenvalue weighted by Crippen LogP contribution is -2.30. The molecule has 9 nitrogen and oxygen atoms in total. The average molecular weight is 585 g/mol. The van der Waals surface area contributed by atoms with Crippen molar-refractivity contribution in [2.45, 2.75) is 51.4 Å². The number of nitrogens with zero attached hydrogens (tertiary/aromatic N) is 6. The van der Waals surface area contributed by atoms with Crippen LogP contribution in [0.5, 0.6) is 0 Å². The second kappa shape index (κ2) is 11.1. The monoisotopic (exact) mass is 584 g/mol. The normalized spacial score (nSPS) is 19.2. The Balaban J connectivity index is 1.29. The maximum Gasteiger partial charge on any atom is 0.420 e. The first-order chi connectivity index (χ1) is 20.0. The van der Waals surface area contributed by atoms with Crippen LogP contribution in [0.1, 0.15) is 50.9 Å². The number of hydrogen-bond donors (Lipinski definition) is 0. The number of imidazole rings is 1. The Kier molecular flexibility index (Phi) is 7.57. The third kappa shape index (κ3) is 5.55. The Hall–Kier alpha value is -3.35. The minimum absolute atomic E-state index is 0.0248. The molecule has 0 amide bonds. The number of likely N-dealkylation sites (tertiary alicyclic amines) is 1. The maximum atomic E-state index is 14.0. The maximum absolute atomic E-state index is 14.0. The van der Waals surface area contributed by atoms with Gasteiger partial charge in [0.15, 0.2) is 11.8 Å². The summed E-state index contributed by atoms with van der Waals surface area (Å²) in [5.41, 5.74) is 3.00. The summed E-state index contributed by atoms with van der Waals surface area (Å²) in [4.78, 5) is 19.6. The van der Waals surface area contributed by atoms with Gasteiger partial charge in [-0.15, -0.1) is 10.2 Å². The number of fused-ring (bicyclic) bond motifs is 3. The van der Waals surface area contributed by atoms with Crippen molar-refractivity contribution < 1.29 is 22.6 Å². The molecule has 0 spiro atoms. The van der Waals surface area contributed by atoms with Gasteiger partial charge in [0.25, 0.3) is 0 Å². The second-order valence-corrected chi connectivity index (χ2v) is 12.1. The van der Waals surface area contributed by atoms with Crippen molar-refractivity contribution in [1.82, 2.24) is 29.2 Å². The van der Waals surface area contributed by atoms with Gasteiger partial charge in [-0.3, -0.25) is 14.1 Å². The number of ether oxygens (including phenoxy) is 2. The van der Waals surface area contributed by atoms with Gasteiger partial charge in [0, 0.05) is 56.5 Å². The predicted molar refractivity (Wildman–Crippen MR) is 152 cm³/mol. The van der Waals surface area contributed by atoms with Gasteiger partial charge in [-0.2, -0.15) is 13.2 Å². The van der Waals surface area contributed by atoms with E-state index in [0.29, 0.717) is 54.8 Å². The summed E-state index contributed by atoms with van der Waals surface area (Å²) in [6.45, 7) is 7.59.